The molecule has 1 aliphatic rings. The third-order valence-electron chi connectivity index (χ3n) is 3.65. The van der Waals surface area contributed by atoms with Crippen LogP contribution in [0.1, 0.15) is 38.5 Å². The first-order chi connectivity index (χ1) is 8.70. The lowest BCUT2D eigenvalue weighted by atomic mass is 10.1. The van der Waals surface area contributed by atoms with Gasteiger partial charge < -0.3 is 15.4 Å². The molecule has 1 fully saturated rings. The van der Waals surface area contributed by atoms with E-state index >= 15 is 0 Å². The second-order valence-corrected chi connectivity index (χ2v) is 4.88. The van der Waals surface area contributed by atoms with Gasteiger partial charge >= 0.3 is 0 Å². The van der Waals surface area contributed by atoms with Crippen molar-refractivity contribution in [3.05, 3.63) is 6.07 Å². The van der Waals surface area contributed by atoms with Gasteiger partial charge in [-0.2, -0.15) is 9.97 Å². The maximum absolute atomic E-state index is 5.70. The number of nitrogens with zero attached hydrogens (tertiary/aromatic N) is 3. The summed E-state index contributed by atoms with van der Waals surface area (Å²) in [4.78, 5) is 10.5. The molecular weight excluding hydrogens is 228 g/mol. The molecule has 0 saturated heterocycles. The number of ether oxygens (including phenoxy) is 1. The van der Waals surface area contributed by atoms with Crippen LogP contribution in [-0.4, -0.2) is 30.2 Å². The van der Waals surface area contributed by atoms with Gasteiger partial charge in [-0.1, -0.05) is 25.7 Å². The average molecular weight is 250 g/mol. The molecule has 0 unspecified atom stereocenters. The predicted molar refractivity (Wildman–Crippen MR) is 72.9 cm³/mol. The minimum Gasteiger partial charge on any atom is -0.481 e. The van der Waals surface area contributed by atoms with Crippen LogP contribution in [-0.2, 0) is 0 Å². The number of aromatic nitrogens is 2. The van der Waals surface area contributed by atoms with E-state index < -0.39 is 0 Å². The monoisotopic (exact) mass is 250 g/mol. The van der Waals surface area contributed by atoms with Crippen LogP contribution >= 0.6 is 0 Å². The minimum absolute atomic E-state index is 0.268. The first-order valence-corrected chi connectivity index (χ1v) is 6.62. The van der Waals surface area contributed by atoms with Gasteiger partial charge in [0.05, 0.1) is 7.11 Å². The molecule has 1 aliphatic carbocycles. The van der Waals surface area contributed by atoms with Crippen molar-refractivity contribution in [1.29, 1.82) is 0 Å². The van der Waals surface area contributed by atoms with E-state index in [1.165, 1.54) is 38.5 Å². The Kier molecular flexibility index (Phi) is 4.23. The van der Waals surface area contributed by atoms with Gasteiger partial charge in [-0.05, 0) is 12.8 Å². The van der Waals surface area contributed by atoms with Gasteiger partial charge in [0.25, 0.3) is 0 Å². The summed E-state index contributed by atoms with van der Waals surface area (Å²) in [5.41, 5.74) is 5.70. The highest BCUT2D eigenvalue weighted by molar-refractivity contribution is 5.45. The van der Waals surface area contributed by atoms with E-state index in [1.807, 2.05) is 6.07 Å². The van der Waals surface area contributed by atoms with Crippen LogP contribution in [0, 0.1) is 0 Å². The number of hydrogen-bond donors (Lipinski definition) is 1. The van der Waals surface area contributed by atoms with Crippen molar-refractivity contribution in [2.75, 3.05) is 24.8 Å². The lowest BCUT2D eigenvalue weighted by molar-refractivity contribution is 0.397. The molecule has 100 valence electrons. The number of methoxy groups -OCH3 is 1. The fourth-order valence-corrected chi connectivity index (χ4v) is 2.55. The third kappa shape index (κ3) is 3.03. The van der Waals surface area contributed by atoms with Crippen molar-refractivity contribution in [2.24, 2.45) is 0 Å². The van der Waals surface area contributed by atoms with Crippen LogP contribution in [0.2, 0.25) is 0 Å². The van der Waals surface area contributed by atoms with E-state index in [0.717, 1.165) is 5.82 Å². The van der Waals surface area contributed by atoms with Crippen LogP contribution in [0.3, 0.4) is 0 Å². The Morgan fingerprint density at radius 2 is 1.89 bits per heavy atom. The van der Waals surface area contributed by atoms with Gasteiger partial charge in [-0.15, -0.1) is 0 Å². The number of nitrogen functional groups attached to an aromatic ring is 1. The highest BCUT2D eigenvalue weighted by Crippen LogP contribution is 2.26. The summed E-state index contributed by atoms with van der Waals surface area (Å²) < 4.78 is 5.14. The number of nitrogens with two attached hydrogens (primary N) is 1. The fourth-order valence-electron chi connectivity index (χ4n) is 2.55. The van der Waals surface area contributed by atoms with Crippen molar-refractivity contribution in [3.63, 3.8) is 0 Å². The second-order valence-electron chi connectivity index (χ2n) is 4.88. The molecule has 0 aliphatic heterocycles. The van der Waals surface area contributed by atoms with E-state index in [0.29, 0.717) is 11.9 Å². The zero-order chi connectivity index (χ0) is 13.0. The normalized spacial score (nSPS) is 17.2. The molecule has 18 heavy (non-hydrogen) atoms. The summed E-state index contributed by atoms with van der Waals surface area (Å²) in [6.07, 6.45) is 7.74. The minimum atomic E-state index is 0.268. The quantitative estimate of drug-likeness (QED) is 0.833. The zero-order valence-corrected chi connectivity index (χ0v) is 11.2. The maximum atomic E-state index is 5.70. The molecule has 0 spiro atoms. The first-order valence-electron chi connectivity index (χ1n) is 6.62. The standard InChI is InChI=1S/C13H22N4O/c1-17(10-7-5-3-4-6-8-10)11-9-12(18-2)16-13(14)15-11/h9-10H,3-8H2,1-2H3,(H2,14,15,16). The molecule has 0 radical (unpaired) electrons. The van der Waals surface area contributed by atoms with Crippen molar-refractivity contribution in [1.82, 2.24) is 9.97 Å². The SMILES string of the molecule is COc1cc(N(C)C2CCCCCC2)nc(N)n1. The van der Waals surface area contributed by atoms with Crippen LogP contribution in [0.4, 0.5) is 11.8 Å². The van der Waals surface area contributed by atoms with E-state index in [9.17, 15) is 0 Å². The molecule has 0 bridgehead atoms. The molecule has 0 atom stereocenters. The lowest BCUT2D eigenvalue weighted by Gasteiger charge is -2.28. The molecule has 1 heterocycles. The van der Waals surface area contributed by atoms with Crippen LogP contribution in [0.15, 0.2) is 6.07 Å². The second kappa shape index (κ2) is 5.89. The van der Waals surface area contributed by atoms with E-state index in [1.54, 1.807) is 7.11 Å². The first kappa shape index (κ1) is 12.9. The summed E-state index contributed by atoms with van der Waals surface area (Å²) in [6.45, 7) is 0. The molecular formula is C13H22N4O. The average Bonchev–Trinajstić information content (AvgIpc) is 2.65. The molecule has 0 amide bonds. The highest BCUT2D eigenvalue weighted by atomic mass is 16.5. The maximum Gasteiger partial charge on any atom is 0.225 e. The number of anilines is 2. The molecule has 1 saturated carbocycles. The Labute approximate surface area is 108 Å². The zero-order valence-electron chi connectivity index (χ0n) is 11.2. The summed E-state index contributed by atoms with van der Waals surface area (Å²) >= 11 is 0. The van der Waals surface area contributed by atoms with Crippen LogP contribution in [0.25, 0.3) is 0 Å². The van der Waals surface area contributed by atoms with Gasteiger partial charge in [-0.25, -0.2) is 0 Å². The Morgan fingerprint density at radius 1 is 1.22 bits per heavy atom. The summed E-state index contributed by atoms with van der Waals surface area (Å²) in [5, 5.41) is 0. The van der Waals surface area contributed by atoms with Crippen molar-refractivity contribution in [3.8, 4) is 5.88 Å². The van der Waals surface area contributed by atoms with Gasteiger partial charge in [-0.3, -0.25) is 0 Å². The van der Waals surface area contributed by atoms with E-state index in [4.69, 9.17) is 10.5 Å². The predicted octanol–water partition coefficient (Wildman–Crippen LogP) is 2.23. The topological polar surface area (TPSA) is 64.3 Å². The Bertz CT molecular complexity index is 389. The third-order valence-corrected chi connectivity index (χ3v) is 3.65. The van der Waals surface area contributed by atoms with Crippen LogP contribution in [0.5, 0.6) is 5.88 Å². The molecule has 5 heteroatoms. The Hall–Kier alpha value is -1.52. The Morgan fingerprint density at radius 3 is 2.50 bits per heavy atom. The fraction of sp³-hybridized carbons (Fsp3) is 0.692. The number of hydrogen-bond acceptors (Lipinski definition) is 5. The van der Waals surface area contributed by atoms with E-state index in [-0.39, 0.29) is 5.95 Å². The molecule has 1 aromatic rings. The van der Waals surface area contributed by atoms with Crippen molar-refractivity contribution >= 4 is 11.8 Å². The summed E-state index contributed by atoms with van der Waals surface area (Å²) in [6, 6.07) is 2.40. The summed E-state index contributed by atoms with van der Waals surface area (Å²) in [7, 11) is 3.68. The molecule has 0 aromatic carbocycles. The van der Waals surface area contributed by atoms with Gasteiger partial charge in [0.2, 0.25) is 11.8 Å². The molecule has 5 nitrogen and oxygen atoms in total. The lowest BCUT2D eigenvalue weighted by Crippen LogP contribution is -2.32. The van der Waals surface area contributed by atoms with Gasteiger partial charge in [0.1, 0.15) is 5.82 Å². The van der Waals surface area contributed by atoms with Gasteiger partial charge in [0, 0.05) is 19.2 Å². The number of rotatable bonds is 3. The largest absolute Gasteiger partial charge is 0.481 e. The van der Waals surface area contributed by atoms with Crippen molar-refractivity contribution in [2.45, 2.75) is 44.6 Å². The van der Waals surface area contributed by atoms with Crippen LogP contribution < -0.4 is 15.4 Å². The molecule has 1 aromatic heterocycles. The molecule has 2 rings (SSSR count). The Balaban J connectivity index is 2.15. The van der Waals surface area contributed by atoms with Gasteiger partial charge in [0.15, 0.2) is 0 Å². The smallest absolute Gasteiger partial charge is 0.225 e. The van der Waals surface area contributed by atoms with Crippen molar-refractivity contribution < 1.29 is 4.74 Å². The molecule has 2 N–H and O–H groups in total. The van der Waals surface area contributed by atoms with E-state index in [2.05, 4.69) is 21.9 Å². The highest BCUT2D eigenvalue weighted by Gasteiger charge is 2.19. The summed E-state index contributed by atoms with van der Waals surface area (Å²) in [5.74, 6) is 1.65.